The van der Waals surface area contributed by atoms with Crippen molar-refractivity contribution in [3.63, 3.8) is 0 Å². The molecule has 0 saturated carbocycles. The summed E-state index contributed by atoms with van der Waals surface area (Å²) in [6.45, 7) is -0.764. The number of alkyl halides is 1. The van der Waals surface area contributed by atoms with E-state index < -0.39 is 18.2 Å². The number of hydrogen-bond donors (Lipinski definition) is 0. The van der Waals surface area contributed by atoms with Crippen LogP contribution in [0.25, 0.3) is 0 Å². The monoisotopic (exact) mass is 242 g/mol. The molecule has 2 nitrogen and oxygen atoms in total. The highest BCUT2D eigenvalue weighted by molar-refractivity contribution is 5.95. The zero-order valence-corrected chi connectivity index (χ0v) is 9.60. The van der Waals surface area contributed by atoms with E-state index >= 15 is 0 Å². The molecule has 0 saturated heterocycles. The molecule has 18 heavy (non-hydrogen) atoms. The summed E-state index contributed by atoms with van der Waals surface area (Å²) in [6, 6.07) is 15.9. The predicted molar refractivity (Wildman–Crippen MR) is 65.1 cm³/mol. The molecule has 0 N–H and O–H groups in total. The number of carbonyl (C=O) groups excluding carboxylic acids is 1. The van der Waals surface area contributed by atoms with Crippen LogP contribution in [0.4, 0.5) is 4.39 Å². The second-order valence-electron chi connectivity index (χ2n) is 4.26. The van der Waals surface area contributed by atoms with Crippen LogP contribution in [0.5, 0.6) is 0 Å². The Morgan fingerprint density at radius 3 is 2.39 bits per heavy atom. The molecule has 3 heteroatoms. The second-order valence-corrected chi connectivity index (χ2v) is 4.26. The number of benzene rings is 2. The summed E-state index contributed by atoms with van der Waals surface area (Å²) in [5, 5.41) is 0. The molecule has 0 radical (unpaired) electrons. The summed E-state index contributed by atoms with van der Waals surface area (Å²) in [5.74, 6) is -0.466. The number of halogens is 1. The third-order valence-electron chi connectivity index (χ3n) is 3.28. The lowest BCUT2D eigenvalue weighted by atomic mass is 9.87. The Bertz CT molecular complexity index is 594. The minimum absolute atomic E-state index is 0.444. The van der Waals surface area contributed by atoms with E-state index in [9.17, 15) is 9.18 Å². The average Bonchev–Trinajstić information content (AvgIpc) is 2.74. The largest absolute Gasteiger partial charge is 0.443 e. The Kier molecular flexibility index (Phi) is 2.40. The topological polar surface area (TPSA) is 26.3 Å². The minimum atomic E-state index is -1.28. The number of fused-ring (bicyclic) bond motifs is 1. The van der Waals surface area contributed by atoms with Gasteiger partial charge in [-0.1, -0.05) is 48.5 Å². The lowest BCUT2D eigenvalue weighted by molar-refractivity contribution is 0.000393. The SMILES string of the molecule is O=C1OC(CF)(c2ccccc2)c2ccccc21. The fourth-order valence-electron chi connectivity index (χ4n) is 2.38. The van der Waals surface area contributed by atoms with Crippen LogP contribution in [0.2, 0.25) is 0 Å². The lowest BCUT2D eigenvalue weighted by Gasteiger charge is -2.26. The summed E-state index contributed by atoms with van der Waals surface area (Å²) < 4.78 is 19.0. The van der Waals surface area contributed by atoms with Crippen molar-refractivity contribution >= 4 is 5.97 Å². The van der Waals surface area contributed by atoms with Crippen LogP contribution in [0.3, 0.4) is 0 Å². The number of carbonyl (C=O) groups is 1. The molecule has 0 spiro atoms. The van der Waals surface area contributed by atoms with Gasteiger partial charge in [0.1, 0.15) is 6.67 Å². The highest BCUT2D eigenvalue weighted by Crippen LogP contribution is 2.41. The van der Waals surface area contributed by atoms with Crippen molar-refractivity contribution in [1.82, 2.24) is 0 Å². The van der Waals surface area contributed by atoms with Crippen molar-refractivity contribution in [3.05, 3.63) is 71.3 Å². The van der Waals surface area contributed by atoms with E-state index in [1.807, 2.05) is 18.2 Å². The zero-order valence-electron chi connectivity index (χ0n) is 9.60. The Hall–Kier alpha value is -2.16. The van der Waals surface area contributed by atoms with Crippen molar-refractivity contribution in [2.24, 2.45) is 0 Å². The average molecular weight is 242 g/mol. The van der Waals surface area contributed by atoms with Gasteiger partial charge in [-0.2, -0.15) is 0 Å². The molecule has 0 fully saturated rings. The van der Waals surface area contributed by atoms with Crippen LogP contribution >= 0.6 is 0 Å². The van der Waals surface area contributed by atoms with Crippen molar-refractivity contribution in [2.45, 2.75) is 5.60 Å². The number of cyclic esters (lactones) is 1. The normalized spacial score (nSPS) is 21.5. The molecule has 1 heterocycles. The maximum absolute atomic E-state index is 13.6. The van der Waals surface area contributed by atoms with Crippen LogP contribution in [-0.2, 0) is 10.3 Å². The van der Waals surface area contributed by atoms with E-state index in [1.165, 1.54) is 0 Å². The van der Waals surface area contributed by atoms with Crippen molar-refractivity contribution in [2.75, 3.05) is 6.67 Å². The molecule has 1 aliphatic heterocycles. The maximum Gasteiger partial charge on any atom is 0.339 e. The van der Waals surface area contributed by atoms with E-state index in [2.05, 4.69) is 0 Å². The van der Waals surface area contributed by atoms with Gasteiger partial charge in [-0.15, -0.1) is 0 Å². The van der Waals surface area contributed by atoms with Gasteiger partial charge in [0.25, 0.3) is 0 Å². The van der Waals surface area contributed by atoms with Crippen LogP contribution in [0.15, 0.2) is 54.6 Å². The third-order valence-corrected chi connectivity index (χ3v) is 3.28. The van der Waals surface area contributed by atoms with E-state index in [-0.39, 0.29) is 0 Å². The summed E-state index contributed by atoms with van der Waals surface area (Å²) >= 11 is 0. The quantitative estimate of drug-likeness (QED) is 0.756. The molecule has 1 unspecified atom stereocenters. The van der Waals surface area contributed by atoms with Crippen LogP contribution in [0.1, 0.15) is 21.5 Å². The van der Waals surface area contributed by atoms with Gasteiger partial charge in [-0.05, 0) is 6.07 Å². The molecule has 2 aromatic rings. The molecule has 3 rings (SSSR count). The molecule has 1 atom stereocenters. The fraction of sp³-hybridized carbons (Fsp3) is 0.133. The van der Waals surface area contributed by atoms with Crippen LogP contribution in [-0.4, -0.2) is 12.6 Å². The molecule has 0 amide bonds. The Morgan fingerprint density at radius 2 is 1.67 bits per heavy atom. The smallest absolute Gasteiger partial charge is 0.339 e. The van der Waals surface area contributed by atoms with Gasteiger partial charge in [0, 0.05) is 11.1 Å². The minimum Gasteiger partial charge on any atom is -0.443 e. The predicted octanol–water partition coefficient (Wildman–Crippen LogP) is 3.07. The summed E-state index contributed by atoms with van der Waals surface area (Å²) in [7, 11) is 0. The molecular formula is C15H11FO2. The molecule has 2 aromatic carbocycles. The molecule has 0 aliphatic carbocycles. The van der Waals surface area contributed by atoms with Crippen LogP contribution < -0.4 is 0 Å². The van der Waals surface area contributed by atoms with Gasteiger partial charge in [-0.25, -0.2) is 9.18 Å². The van der Waals surface area contributed by atoms with Gasteiger partial charge < -0.3 is 4.74 Å². The molecule has 90 valence electrons. The van der Waals surface area contributed by atoms with Crippen molar-refractivity contribution in [3.8, 4) is 0 Å². The Labute approximate surface area is 104 Å². The first-order valence-electron chi connectivity index (χ1n) is 5.72. The van der Waals surface area contributed by atoms with Gasteiger partial charge in [-0.3, -0.25) is 0 Å². The molecule has 0 aromatic heterocycles. The number of ether oxygens (including phenoxy) is 1. The summed E-state index contributed by atoms with van der Waals surface area (Å²) in [4.78, 5) is 11.8. The van der Waals surface area contributed by atoms with Gasteiger partial charge >= 0.3 is 5.97 Å². The first-order valence-corrected chi connectivity index (χ1v) is 5.72. The maximum atomic E-state index is 13.6. The first-order chi connectivity index (χ1) is 8.78. The number of esters is 1. The highest BCUT2D eigenvalue weighted by atomic mass is 19.1. The standard InChI is InChI=1S/C15H11FO2/c16-10-15(11-6-2-1-3-7-11)13-9-5-4-8-12(13)14(17)18-15/h1-9H,10H2. The van der Waals surface area contributed by atoms with E-state index in [0.717, 1.165) is 0 Å². The van der Waals surface area contributed by atoms with Gasteiger partial charge in [0.05, 0.1) is 5.56 Å². The molecule has 1 aliphatic rings. The third kappa shape index (κ3) is 1.37. The van der Waals surface area contributed by atoms with Crippen molar-refractivity contribution in [1.29, 1.82) is 0 Å². The molecular weight excluding hydrogens is 231 g/mol. The molecule has 0 bridgehead atoms. The summed E-state index contributed by atoms with van der Waals surface area (Å²) in [6.07, 6.45) is 0. The van der Waals surface area contributed by atoms with Crippen LogP contribution in [0, 0.1) is 0 Å². The first kappa shape index (κ1) is 11.0. The number of rotatable bonds is 2. The number of hydrogen-bond acceptors (Lipinski definition) is 2. The zero-order chi connectivity index (χ0) is 12.6. The Morgan fingerprint density at radius 1 is 1.00 bits per heavy atom. The van der Waals surface area contributed by atoms with Gasteiger partial charge in [0.2, 0.25) is 0 Å². The summed E-state index contributed by atoms with van der Waals surface area (Å²) in [5.41, 5.74) is 0.420. The highest BCUT2D eigenvalue weighted by Gasteiger charge is 2.47. The van der Waals surface area contributed by atoms with E-state index in [0.29, 0.717) is 16.7 Å². The van der Waals surface area contributed by atoms with E-state index in [4.69, 9.17) is 4.74 Å². The van der Waals surface area contributed by atoms with E-state index in [1.54, 1.807) is 36.4 Å². The van der Waals surface area contributed by atoms with Gasteiger partial charge in [0.15, 0.2) is 5.60 Å². The lowest BCUT2D eigenvalue weighted by Crippen LogP contribution is -2.30. The fourth-order valence-corrected chi connectivity index (χ4v) is 2.38. The Balaban J connectivity index is 2.24. The van der Waals surface area contributed by atoms with Crippen molar-refractivity contribution < 1.29 is 13.9 Å². The second kappa shape index (κ2) is 3.95.